The normalized spacial score (nSPS) is 30.1. The monoisotopic (exact) mass is 469 g/mol. The second-order valence-corrected chi connectivity index (χ2v) is 9.80. The minimum atomic E-state index is -1.24. The summed E-state index contributed by atoms with van der Waals surface area (Å²) in [6.07, 6.45) is 1.51. The minimum absolute atomic E-state index is 0. The molecule has 3 aliphatic heterocycles. The first kappa shape index (κ1) is 25.1. The number of amides is 1. The molecule has 0 saturated carbocycles. The van der Waals surface area contributed by atoms with Crippen LogP contribution in [0.15, 0.2) is 36.0 Å². The number of aliphatic carboxylic acids is 1. The summed E-state index contributed by atoms with van der Waals surface area (Å²) in [4.78, 5) is 36.0. The van der Waals surface area contributed by atoms with E-state index in [1.807, 2.05) is 11.9 Å². The van der Waals surface area contributed by atoms with E-state index in [9.17, 15) is 29.7 Å². The zero-order valence-electron chi connectivity index (χ0n) is 18.1. The van der Waals surface area contributed by atoms with Crippen molar-refractivity contribution in [3.05, 3.63) is 41.6 Å². The van der Waals surface area contributed by atoms with E-state index >= 15 is 0 Å². The predicted molar refractivity (Wildman–Crippen MR) is 112 cm³/mol. The molecule has 3 N–H and O–H groups in total. The maximum absolute atomic E-state index is 12.7. The van der Waals surface area contributed by atoms with Gasteiger partial charge in [0, 0.05) is 29.9 Å². The van der Waals surface area contributed by atoms with Gasteiger partial charge in [0.25, 0.3) is 0 Å². The van der Waals surface area contributed by atoms with Crippen LogP contribution >= 0.6 is 11.8 Å². The molecule has 0 bridgehead atoms. The molecular weight excluding hydrogens is 445 g/mol. The first-order valence-corrected chi connectivity index (χ1v) is 11.0. The summed E-state index contributed by atoms with van der Waals surface area (Å²) in [7, 11) is 0. The molecule has 0 radical (unpaired) electrons. The van der Waals surface area contributed by atoms with Gasteiger partial charge in [0.15, 0.2) is 0 Å². The smallest absolute Gasteiger partial charge is 0.545 e. The number of carbonyl (C=O) groups excluding carboxylic acids is 2. The van der Waals surface area contributed by atoms with Crippen molar-refractivity contribution in [2.24, 2.45) is 11.8 Å². The van der Waals surface area contributed by atoms with E-state index < -0.39 is 28.8 Å². The Balaban J connectivity index is 0.00000289. The second kappa shape index (κ2) is 9.36. The molecule has 0 aliphatic carbocycles. The molecule has 1 aromatic rings. The van der Waals surface area contributed by atoms with Gasteiger partial charge in [-0.3, -0.25) is 9.69 Å². The number of rotatable bonds is 7. The van der Waals surface area contributed by atoms with Crippen LogP contribution in [0, 0.1) is 11.8 Å². The number of benzene rings is 1. The molecule has 5 atom stereocenters. The first-order chi connectivity index (χ1) is 14.6. The number of anilines is 1. The van der Waals surface area contributed by atoms with Crippen molar-refractivity contribution >= 4 is 35.3 Å². The summed E-state index contributed by atoms with van der Waals surface area (Å²) < 4.78 is 0. The van der Waals surface area contributed by atoms with Crippen LogP contribution in [-0.4, -0.2) is 67.3 Å². The van der Waals surface area contributed by atoms with Crippen molar-refractivity contribution in [2.45, 2.75) is 36.5 Å². The number of carbonyl (C=O) groups is 3. The van der Waals surface area contributed by atoms with Crippen LogP contribution in [-0.2, 0) is 9.59 Å². The van der Waals surface area contributed by atoms with Gasteiger partial charge in [-0.15, -0.1) is 11.8 Å². The Hall–Kier alpha value is -1.56. The van der Waals surface area contributed by atoms with E-state index in [1.54, 1.807) is 36.9 Å². The average molecular weight is 469 g/mol. The number of hydrogen-bond acceptors (Lipinski definition) is 8. The number of aromatic carboxylic acids is 1. The summed E-state index contributed by atoms with van der Waals surface area (Å²) >= 11 is 1.55. The van der Waals surface area contributed by atoms with E-state index in [1.165, 1.54) is 17.0 Å². The largest absolute Gasteiger partial charge is 1.00 e. The molecule has 4 rings (SSSR count). The van der Waals surface area contributed by atoms with E-state index in [-0.39, 0.29) is 57.9 Å². The molecule has 1 amide bonds. The number of hydrazine groups is 1. The Bertz CT molecular complexity index is 973. The van der Waals surface area contributed by atoms with Crippen LogP contribution in [0.25, 0.3) is 0 Å². The molecule has 9 nitrogen and oxygen atoms in total. The van der Waals surface area contributed by atoms with Crippen LogP contribution in [0.2, 0.25) is 0 Å². The van der Waals surface area contributed by atoms with Crippen molar-refractivity contribution in [2.75, 3.05) is 18.5 Å². The van der Waals surface area contributed by atoms with Gasteiger partial charge in [0.05, 0.1) is 18.0 Å². The van der Waals surface area contributed by atoms with Gasteiger partial charge >= 0.3 is 35.5 Å². The number of aliphatic hydroxyl groups is 1. The summed E-state index contributed by atoms with van der Waals surface area (Å²) in [6, 6.07) is 6.38. The molecule has 0 aromatic heterocycles. The SMILES string of the molecule is CC1C=C(C(=O)O)N2C(=O)C([C@@H](C)O)[C@@]12S[C@H]1CCN(Nc2cccc(C(=O)[O-])c2)C1.[Na+]. The topological polar surface area (TPSA) is 133 Å². The van der Waals surface area contributed by atoms with Gasteiger partial charge < -0.3 is 25.5 Å². The zero-order valence-corrected chi connectivity index (χ0v) is 21.0. The molecule has 1 aromatic carbocycles. The quantitative estimate of drug-likeness (QED) is 0.289. The number of thioether (sulfide) groups is 1. The van der Waals surface area contributed by atoms with Crippen LogP contribution in [0.5, 0.6) is 0 Å². The number of aliphatic hydroxyl groups excluding tert-OH is 1. The zero-order chi connectivity index (χ0) is 22.5. The molecule has 11 heteroatoms. The summed E-state index contributed by atoms with van der Waals surface area (Å²) in [5.74, 6) is -3.62. The van der Waals surface area contributed by atoms with Gasteiger partial charge in [0.2, 0.25) is 5.91 Å². The van der Waals surface area contributed by atoms with E-state index in [0.29, 0.717) is 18.8 Å². The predicted octanol–water partition coefficient (Wildman–Crippen LogP) is -2.66. The Morgan fingerprint density at radius 2 is 2.09 bits per heavy atom. The molecule has 2 unspecified atom stereocenters. The van der Waals surface area contributed by atoms with Crippen LogP contribution in [0.1, 0.15) is 30.6 Å². The number of hydrogen-bond donors (Lipinski definition) is 3. The fourth-order valence-corrected chi connectivity index (χ4v) is 6.86. The van der Waals surface area contributed by atoms with Crippen LogP contribution in [0.3, 0.4) is 0 Å². The Morgan fingerprint density at radius 1 is 1.38 bits per heavy atom. The standard InChI is InChI=1S/C21H25N3O6S.Na/c1-11-8-16(20(29)30)24-18(26)17(12(2)25)21(11,24)31-15-6-7-23(10-15)22-14-5-3-4-13(9-14)19(27)28;/h3-5,8-9,11-12,15,17,22,25H,6-7,10H2,1-2H3,(H,27,28)(H,29,30);/q;+1/p-1/t11?,12-,15+,17?,21+;/m1./s1. The molecule has 0 spiro atoms. The number of nitrogens with zero attached hydrogens (tertiary/aromatic N) is 2. The Labute approximate surface area is 212 Å². The van der Waals surface area contributed by atoms with Gasteiger partial charge in [-0.25, -0.2) is 9.80 Å². The Kier molecular flexibility index (Phi) is 7.33. The van der Waals surface area contributed by atoms with E-state index in [4.69, 9.17) is 0 Å². The second-order valence-electron chi connectivity index (χ2n) is 8.24. The van der Waals surface area contributed by atoms with Gasteiger partial charge in [-0.05, 0) is 37.1 Å². The third-order valence-corrected chi connectivity index (χ3v) is 8.07. The van der Waals surface area contributed by atoms with Crippen molar-refractivity contribution in [1.29, 1.82) is 0 Å². The summed E-state index contributed by atoms with van der Waals surface area (Å²) in [6.45, 7) is 4.77. The van der Waals surface area contributed by atoms with Gasteiger partial charge in [-0.1, -0.05) is 19.1 Å². The Morgan fingerprint density at radius 3 is 2.72 bits per heavy atom. The van der Waals surface area contributed by atoms with Crippen molar-refractivity contribution in [1.82, 2.24) is 9.91 Å². The molecule has 2 saturated heterocycles. The van der Waals surface area contributed by atoms with Crippen molar-refractivity contribution in [3.63, 3.8) is 0 Å². The molecule has 3 heterocycles. The third-order valence-electron chi connectivity index (χ3n) is 6.17. The van der Waals surface area contributed by atoms with Crippen molar-refractivity contribution in [3.8, 4) is 0 Å². The summed E-state index contributed by atoms with van der Waals surface area (Å²) in [5, 5.41) is 33.0. The van der Waals surface area contributed by atoms with E-state index in [0.717, 1.165) is 6.42 Å². The maximum Gasteiger partial charge on any atom is 1.00 e. The first-order valence-electron chi connectivity index (χ1n) is 10.1. The summed E-state index contributed by atoms with van der Waals surface area (Å²) in [5.41, 5.74) is 3.91. The van der Waals surface area contributed by atoms with Gasteiger partial charge in [-0.2, -0.15) is 0 Å². The molecule has 32 heavy (non-hydrogen) atoms. The van der Waals surface area contributed by atoms with E-state index in [2.05, 4.69) is 5.43 Å². The van der Waals surface area contributed by atoms with Crippen molar-refractivity contribution < 1.29 is 59.3 Å². The third kappa shape index (κ3) is 4.08. The number of carboxylic acid groups (broad SMARTS) is 2. The average Bonchev–Trinajstić information content (AvgIpc) is 3.22. The number of nitrogens with one attached hydrogen (secondary N) is 1. The molecule has 3 aliphatic rings. The van der Waals surface area contributed by atoms with Crippen LogP contribution in [0.4, 0.5) is 5.69 Å². The fourth-order valence-electron chi connectivity index (χ4n) is 4.83. The maximum atomic E-state index is 12.7. The number of fused-ring (bicyclic) bond motifs is 1. The number of carboxylic acids is 2. The van der Waals surface area contributed by atoms with Gasteiger partial charge in [0.1, 0.15) is 10.6 Å². The fraction of sp³-hybridized carbons (Fsp3) is 0.476. The molecular formula is C21H24N3NaO6S. The minimum Gasteiger partial charge on any atom is -0.545 e. The molecule has 166 valence electrons. The van der Waals surface area contributed by atoms with Crippen LogP contribution < -0.4 is 40.1 Å². The molecule has 2 fully saturated rings. The number of β-lactam (4-membered cyclic amide) rings is 1.